The summed E-state index contributed by atoms with van der Waals surface area (Å²) >= 11 is 0. The van der Waals surface area contributed by atoms with Crippen LogP contribution in [0.4, 0.5) is 11.5 Å². The first-order valence-electron chi connectivity index (χ1n) is 7.85. The van der Waals surface area contributed by atoms with Crippen molar-refractivity contribution in [1.29, 1.82) is 5.26 Å². The molecule has 8 nitrogen and oxygen atoms in total. The molecular formula is C16H19N7O. The Morgan fingerprint density at radius 1 is 1.38 bits per heavy atom. The number of primary amides is 1. The van der Waals surface area contributed by atoms with Crippen LogP contribution in [0.1, 0.15) is 47.6 Å². The summed E-state index contributed by atoms with van der Waals surface area (Å²) in [5.74, 6) is -0.227. The quantitative estimate of drug-likeness (QED) is 0.778. The average Bonchev–Trinajstić information content (AvgIpc) is 2.99. The van der Waals surface area contributed by atoms with E-state index < -0.39 is 5.91 Å². The van der Waals surface area contributed by atoms with E-state index >= 15 is 0 Å². The van der Waals surface area contributed by atoms with Crippen LogP contribution in [0, 0.1) is 11.3 Å². The molecule has 0 bridgehead atoms. The molecule has 1 aliphatic carbocycles. The van der Waals surface area contributed by atoms with Crippen LogP contribution in [0.5, 0.6) is 0 Å². The van der Waals surface area contributed by atoms with Gasteiger partial charge in [0.25, 0.3) is 5.91 Å². The van der Waals surface area contributed by atoms with Gasteiger partial charge < -0.3 is 16.8 Å². The third-order valence-corrected chi connectivity index (χ3v) is 4.25. The van der Waals surface area contributed by atoms with Gasteiger partial charge in [-0.05, 0) is 18.9 Å². The van der Waals surface area contributed by atoms with E-state index in [2.05, 4.69) is 15.4 Å². The largest absolute Gasteiger partial charge is 0.365 e. The fourth-order valence-corrected chi connectivity index (χ4v) is 3.01. The molecule has 0 aliphatic heterocycles. The minimum absolute atomic E-state index is 0.0100. The van der Waals surface area contributed by atoms with E-state index in [1.807, 2.05) is 6.07 Å². The molecule has 1 saturated carbocycles. The first-order chi connectivity index (χ1) is 11.6. The van der Waals surface area contributed by atoms with E-state index in [0.29, 0.717) is 17.1 Å². The van der Waals surface area contributed by atoms with Crippen molar-refractivity contribution in [2.24, 2.45) is 11.5 Å². The summed E-state index contributed by atoms with van der Waals surface area (Å²) in [4.78, 5) is 15.7. The van der Waals surface area contributed by atoms with Gasteiger partial charge in [0.05, 0.1) is 23.5 Å². The van der Waals surface area contributed by atoms with E-state index in [9.17, 15) is 4.79 Å². The molecule has 0 spiro atoms. The Morgan fingerprint density at radius 3 is 2.88 bits per heavy atom. The van der Waals surface area contributed by atoms with Gasteiger partial charge in [0.15, 0.2) is 5.82 Å². The Balaban J connectivity index is 1.91. The molecule has 8 heteroatoms. The van der Waals surface area contributed by atoms with Crippen molar-refractivity contribution in [2.45, 2.75) is 37.8 Å². The van der Waals surface area contributed by atoms with Gasteiger partial charge in [-0.15, -0.1) is 0 Å². The zero-order chi connectivity index (χ0) is 17.1. The highest BCUT2D eigenvalue weighted by molar-refractivity contribution is 5.98. The number of rotatable bonds is 4. The summed E-state index contributed by atoms with van der Waals surface area (Å²) in [5, 5.41) is 16.4. The second-order valence-corrected chi connectivity index (χ2v) is 5.95. The number of carbonyl (C=O) groups is 1. The number of nitrogens with one attached hydrogen (secondary N) is 1. The molecule has 2 atom stereocenters. The number of pyridine rings is 1. The molecule has 24 heavy (non-hydrogen) atoms. The van der Waals surface area contributed by atoms with Crippen molar-refractivity contribution in [3.63, 3.8) is 0 Å². The molecule has 2 aromatic rings. The Hall–Kier alpha value is -2.92. The Labute approximate surface area is 139 Å². The van der Waals surface area contributed by atoms with Gasteiger partial charge in [-0.25, -0.2) is 0 Å². The van der Waals surface area contributed by atoms with Crippen LogP contribution in [0.3, 0.4) is 0 Å². The molecular weight excluding hydrogens is 306 g/mol. The van der Waals surface area contributed by atoms with Gasteiger partial charge in [0, 0.05) is 18.4 Å². The Morgan fingerprint density at radius 2 is 2.17 bits per heavy atom. The lowest BCUT2D eigenvalue weighted by atomic mass is 9.91. The predicted octanol–water partition coefficient (Wildman–Crippen LogP) is 1.43. The lowest BCUT2D eigenvalue weighted by Crippen LogP contribution is -2.35. The molecule has 1 amide bonds. The second-order valence-electron chi connectivity index (χ2n) is 5.95. The maximum atomic E-state index is 11.7. The summed E-state index contributed by atoms with van der Waals surface area (Å²) in [6.07, 6.45) is 8.71. The van der Waals surface area contributed by atoms with Gasteiger partial charge in [-0.3, -0.25) is 14.5 Å². The van der Waals surface area contributed by atoms with Crippen molar-refractivity contribution >= 4 is 17.4 Å². The van der Waals surface area contributed by atoms with Gasteiger partial charge in [-0.2, -0.15) is 10.4 Å². The molecule has 124 valence electrons. The van der Waals surface area contributed by atoms with Crippen LogP contribution < -0.4 is 16.8 Å². The third-order valence-electron chi connectivity index (χ3n) is 4.25. The van der Waals surface area contributed by atoms with Crippen LogP contribution in [-0.2, 0) is 0 Å². The van der Waals surface area contributed by atoms with E-state index in [1.165, 1.54) is 6.20 Å². The maximum absolute atomic E-state index is 11.7. The summed E-state index contributed by atoms with van der Waals surface area (Å²) in [6.45, 7) is 0. The van der Waals surface area contributed by atoms with Crippen LogP contribution in [-0.4, -0.2) is 26.7 Å². The van der Waals surface area contributed by atoms with Crippen LogP contribution in [0.25, 0.3) is 0 Å². The first-order valence-corrected chi connectivity index (χ1v) is 7.85. The smallest absolute Gasteiger partial charge is 0.254 e. The average molecular weight is 325 g/mol. The molecule has 1 aliphatic rings. The first kappa shape index (κ1) is 16.0. The van der Waals surface area contributed by atoms with E-state index in [-0.39, 0.29) is 17.6 Å². The van der Waals surface area contributed by atoms with Gasteiger partial charge >= 0.3 is 0 Å². The number of nitrogens with zero attached hydrogens (tertiary/aromatic N) is 4. The van der Waals surface area contributed by atoms with Crippen molar-refractivity contribution in [2.75, 3.05) is 5.32 Å². The SMILES string of the molecule is N#Cc1cncc(Nc2nn(C3CCCCC3N)cc2C(N)=O)c1. The molecule has 2 unspecified atom stereocenters. The van der Waals surface area contributed by atoms with Crippen molar-refractivity contribution in [3.8, 4) is 6.07 Å². The number of aromatic nitrogens is 3. The fraction of sp³-hybridized carbons (Fsp3) is 0.375. The lowest BCUT2D eigenvalue weighted by Gasteiger charge is -2.28. The topological polar surface area (TPSA) is 136 Å². The summed E-state index contributed by atoms with van der Waals surface area (Å²) in [5.41, 5.74) is 12.9. The predicted molar refractivity (Wildman–Crippen MR) is 88.5 cm³/mol. The van der Waals surface area contributed by atoms with Gasteiger partial charge in [-0.1, -0.05) is 12.8 Å². The zero-order valence-electron chi connectivity index (χ0n) is 13.1. The number of amides is 1. The maximum Gasteiger partial charge on any atom is 0.254 e. The van der Waals surface area contributed by atoms with Crippen LogP contribution in [0.2, 0.25) is 0 Å². The molecule has 1 fully saturated rings. The van der Waals surface area contributed by atoms with E-state index in [0.717, 1.165) is 25.7 Å². The van der Waals surface area contributed by atoms with Gasteiger partial charge in [0.2, 0.25) is 0 Å². The zero-order valence-corrected chi connectivity index (χ0v) is 13.1. The van der Waals surface area contributed by atoms with E-state index in [1.54, 1.807) is 23.1 Å². The third kappa shape index (κ3) is 3.21. The highest BCUT2D eigenvalue weighted by Gasteiger charge is 2.26. The second kappa shape index (κ2) is 6.68. The molecule has 5 N–H and O–H groups in total. The normalized spacial score (nSPS) is 20.3. The number of nitriles is 1. The van der Waals surface area contributed by atoms with Crippen LogP contribution >= 0.6 is 0 Å². The minimum Gasteiger partial charge on any atom is -0.365 e. The number of anilines is 2. The molecule has 2 aromatic heterocycles. The van der Waals surface area contributed by atoms with Crippen LogP contribution in [0.15, 0.2) is 24.7 Å². The number of hydrogen-bond acceptors (Lipinski definition) is 6. The number of hydrogen-bond donors (Lipinski definition) is 3. The Kier molecular flexibility index (Phi) is 4.44. The molecule has 0 radical (unpaired) electrons. The minimum atomic E-state index is -0.572. The highest BCUT2D eigenvalue weighted by Crippen LogP contribution is 2.29. The van der Waals surface area contributed by atoms with Crippen molar-refractivity contribution in [1.82, 2.24) is 14.8 Å². The van der Waals surface area contributed by atoms with Crippen molar-refractivity contribution in [3.05, 3.63) is 35.8 Å². The Bertz CT molecular complexity index is 792. The fourth-order valence-electron chi connectivity index (χ4n) is 3.01. The number of carbonyl (C=O) groups excluding carboxylic acids is 1. The van der Waals surface area contributed by atoms with Crippen molar-refractivity contribution < 1.29 is 4.79 Å². The summed E-state index contributed by atoms with van der Waals surface area (Å²) < 4.78 is 1.73. The molecule has 0 aromatic carbocycles. The molecule has 3 rings (SSSR count). The monoisotopic (exact) mass is 325 g/mol. The lowest BCUT2D eigenvalue weighted by molar-refractivity contribution is 0.100. The standard InChI is InChI=1S/C16H19N7O/c17-6-10-5-11(8-20-7-10)21-16-12(15(19)24)9-23(22-16)14-4-2-1-3-13(14)18/h5,7-9,13-14H,1-4,18H2,(H2,19,24)(H,21,22). The summed E-state index contributed by atoms with van der Waals surface area (Å²) in [7, 11) is 0. The molecule has 0 saturated heterocycles. The highest BCUT2D eigenvalue weighted by atomic mass is 16.1. The van der Waals surface area contributed by atoms with Gasteiger partial charge in [0.1, 0.15) is 11.6 Å². The molecule has 2 heterocycles. The number of nitrogens with two attached hydrogens (primary N) is 2. The summed E-state index contributed by atoms with van der Waals surface area (Å²) in [6, 6.07) is 3.71. The van der Waals surface area contributed by atoms with E-state index in [4.69, 9.17) is 16.7 Å².